The van der Waals surface area contributed by atoms with Gasteiger partial charge in [0.05, 0.1) is 12.3 Å². The minimum absolute atomic E-state index is 0.217. The molecule has 0 bridgehead atoms. The van der Waals surface area contributed by atoms with Crippen LogP contribution in [0.15, 0.2) is 64.5 Å². The Morgan fingerprint density at radius 1 is 1.10 bits per heavy atom. The molecule has 0 radical (unpaired) electrons. The van der Waals surface area contributed by atoms with Gasteiger partial charge in [-0.3, -0.25) is 4.79 Å². The van der Waals surface area contributed by atoms with E-state index in [0.29, 0.717) is 29.6 Å². The van der Waals surface area contributed by atoms with E-state index in [1.54, 1.807) is 24.3 Å². The maximum Gasteiger partial charge on any atom is 0.270 e. The van der Waals surface area contributed by atoms with E-state index in [1.807, 2.05) is 49.6 Å². The lowest BCUT2D eigenvalue weighted by Gasteiger charge is -2.06. The summed E-state index contributed by atoms with van der Waals surface area (Å²) in [7, 11) is 0. The molecule has 0 saturated heterocycles. The summed E-state index contributed by atoms with van der Waals surface area (Å²) in [5.74, 6) is 1.40. The van der Waals surface area contributed by atoms with Crippen LogP contribution < -0.4 is 10.1 Å². The van der Waals surface area contributed by atoms with Crippen molar-refractivity contribution in [1.82, 2.24) is 10.1 Å². The zero-order valence-corrected chi connectivity index (χ0v) is 16.8. The van der Waals surface area contributed by atoms with E-state index in [1.165, 1.54) is 11.3 Å². The fraction of sp³-hybridized carbons (Fsp3) is 0.136. The maximum absolute atomic E-state index is 12.6. The Morgan fingerprint density at radius 2 is 1.86 bits per heavy atom. The lowest BCUT2D eigenvalue weighted by Crippen LogP contribution is -2.11. The molecule has 2 aromatic carbocycles. The Bertz CT molecular complexity index is 1110. The number of amides is 1. The maximum atomic E-state index is 12.6. The number of anilines is 1. The van der Waals surface area contributed by atoms with Crippen LogP contribution >= 0.6 is 11.3 Å². The van der Waals surface area contributed by atoms with Crippen LogP contribution in [0.3, 0.4) is 0 Å². The summed E-state index contributed by atoms with van der Waals surface area (Å²) in [5.41, 5.74) is 3.21. The normalized spacial score (nSPS) is 10.7. The van der Waals surface area contributed by atoms with Gasteiger partial charge < -0.3 is 14.6 Å². The molecule has 0 aliphatic carbocycles. The topological polar surface area (TPSA) is 77.2 Å². The number of carbonyl (C=O) groups is 1. The van der Waals surface area contributed by atoms with Crippen molar-refractivity contribution in [1.29, 1.82) is 0 Å². The van der Waals surface area contributed by atoms with Gasteiger partial charge in [0.2, 0.25) is 5.82 Å². The third-order valence-corrected chi connectivity index (χ3v) is 5.17. The number of hydrogen-bond acceptors (Lipinski definition) is 6. The first kappa shape index (κ1) is 18.9. The molecule has 146 valence electrons. The fourth-order valence-corrected chi connectivity index (χ4v) is 3.54. The number of thiophene rings is 1. The lowest BCUT2D eigenvalue weighted by molar-refractivity contribution is 0.102. The van der Waals surface area contributed by atoms with Crippen LogP contribution in [-0.4, -0.2) is 22.7 Å². The second-order valence-corrected chi connectivity index (χ2v) is 7.28. The molecule has 4 rings (SSSR count). The van der Waals surface area contributed by atoms with Gasteiger partial charge in [0.1, 0.15) is 10.6 Å². The summed E-state index contributed by atoms with van der Waals surface area (Å²) in [6, 6.07) is 16.7. The summed E-state index contributed by atoms with van der Waals surface area (Å²) >= 11 is 1.43. The molecule has 1 amide bonds. The van der Waals surface area contributed by atoms with Crippen LogP contribution in [0, 0.1) is 6.92 Å². The largest absolute Gasteiger partial charge is 0.494 e. The van der Waals surface area contributed by atoms with Crippen LogP contribution in [0.5, 0.6) is 5.75 Å². The van der Waals surface area contributed by atoms with E-state index in [0.717, 1.165) is 21.8 Å². The van der Waals surface area contributed by atoms with Crippen LogP contribution in [0.4, 0.5) is 5.69 Å². The van der Waals surface area contributed by atoms with Crippen molar-refractivity contribution < 1.29 is 14.1 Å². The smallest absolute Gasteiger partial charge is 0.270 e. The quantitative estimate of drug-likeness (QED) is 0.463. The Hall–Kier alpha value is -3.45. The zero-order valence-electron chi connectivity index (χ0n) is 16.0. The van der Waals surface area contributed by atoms with Gasteiger partial charge in [-0.05, 0) is 49.6 Å². The molecular weight excluding hydrogens is 386 g/mol. The molecule has 0 aliphatic rings. The summed E-state index contributed by atoms with van der Waals surface area (Å²) in [6.45, 7) is 4.52. The molecule has 4 aromatic rings. The highest BCUT2D eigenvalue weighted by Gasteiger charge is 2.18. The van der Waals surface area contributed by atoms with Crippen molar-refractivity contribution in [2.75, 3.05) is 11.9 Å². The van der Waals surface area contributed by atoms with E-state index in [-0.39, 0.29) is 5.91 Å². The standard InChI is InChI=1S/C22H19N3O3S/c1-3-27-17-10-8-16(9-11-17)21(26)23-18-12-13-29-19(18)22-24-20(25-28-22)15-6-4-14(2)5-7-15/h4-13H,3H2,1-2H3,(H,23,26). The first-order valence-corrected chi connectivity index (χ1v) is 10.0. The van der Waals surface area contributed by atoms with Gasteiger partial charge in [-0.1, -0.05) is 35.0 Å². The summed E-state index contributed by atoms with van der Waals surface area (Å²) < 4.78 is 10.9. The third kappa shape index (κ3) is 4.20. The lowest BCUT2D eigenvalue weighted by atomic mass is 10.1. The Kier molecular flexibility index (Phi) is 5.39. The van der Waals surface area contributed by atoms with Crippen LogP contribution in [-0.2, 0) is 0 Å². The van der Waals surface area contributed by atoms with E-state index < -0.39 is 0 Å². The van der Waals surface area contributed by atoms with E-state index in [2.05, 4.69) is 15.5 Å². The minimum Gasteiger partial charge on any atom is -0.494 e. The molecule has 0 fully saturated rings. The second kappa shape index (κ2) is 8.28. The van der Waals surface area contributed by atoms with Gasteiger partial charge in [-0.25, -0.2) is 0 Å². The van der Waals surface area contributed by atoms with Gasteiger partial charge in [-0.15, -0.1) is 11.3 Å². The van der Waals surface area contributed by atoms with Gasteiger partial charge in [0, 0.05) is 11.1 Å². The van der Waals surface area contributed by atoms with Crippen LogP contribution in [0.2, 0.25) is 0 Å². The number of rotatable bonds is 6. The first-order chi connectivity index (χ1) is 14.1. The van der Waals surface area contributed by atoms with Gasteiger partial charge >= 0.3 is 0 Å². The molecule has 7 heteroatoms. The highest BCUT2D eigenvalue weighted by molar-refractivity contribution is 7.14. The predicted molar refractivity (Wildman–Crippen MR) is 113 cm³/mol. The zero-order chi connectivity index (χ0) is 20.2. The van der Waals surface area contributed by atoms with Crippen molar-refractivity contribution in [3.8, 4) is 27.9 Å². The molecular formula is C22H19N3O3S. The molecule has 0 spiro atoms. The monoisotopic (exact) mass is 405 g/mol. The molecule has 6 nitrogen and oxygen atoms in total. The van der Waals surface area contributed by atoms with Crippen molar-refractivity contribution in [3.05, 3.63) is 71.1 Å². The number of carbonyl (C=O) groups excluding carboxylic acids is 1. The molecule has 0 aliphatic heterocycles. The van der Waals surface area contributed by atoms with Crippen molar-refractivity contribution in [2.45, 2.75) is 13.8 Å². The van der Waals surface area contributed by atoms with E-state index >= 15 is 0 Å². The first-order valence-electron chi connectivity index (χ1n) is 9.17. The number of benzene rings is 2. The van der Waals surface area contributed by atoms with Crippen LogP contribution in [0.1, 0.15) is 22.8 Å². The Morgan fingerprint density at radius 3 is 2.59 bits per heavy atom. The number of nitrogens with zero attached hydrogens (tertiary/aromatic N) is 2. The number of hydrogen-bond donors (Lipinski definition) is 1. The number of aromatic nitrogens is 2. The second-order valence-electron chi connectivity index (χ2n) is 6.36. The average Bonchev–Trinajstić information content (AvgIpc) is 3.39. The number of ether oxygens (including phenoxy) is 1. The Labute approximate surface area is 172 Å². The van der Waals surface area contributed by atoms with Crippen molar-refractivity contribution in [3.63, 3.8) is 0 Å². The molecule has 29 heavy (non-hydrogen) atoms. The summed E-state index contributed by atoms with van der Waals surface area (Å²) in [5, 5.41) is 8.86. The van der Waals surface area contributed by atoms with E-state index in [4.69, 9.17) is 9.26 Å². The number of aryl methyl sites for hydroxylation is 1. The molecule has 1 N–H and O–H groups in total. The van der Waals surface area contributed by atoms with Crippen LogP contribution in [0.25, 0.3) is 22.2 Å². The predicted octanol–water partition coefficient (Wildman–Crippen LogP) is 5.42. The highest BCUT2D eigenvalue weighted by Crippen LogP contribution is 2.34. The molecule has 2 heterocycles. The van der Waals surface area contributed by atoms with Gasteiger partial charge in [-0.2, -0.15) is 4.98 Å². The van der Waals surface area contributed by atoms with Gasteiger partial charge in [0.15, 0.2) is 0 Å². The number of nitrogens with one attached hydrogen (secondary N) is 1. The van der Waals surface area contributed by atoms with Crippen molar-refractivity contribution in [2.24, 2.45) is 0 Å². The fourth-order valence-electron chi connectivity index (χ4n) is 2.77. The van der Waals surface area contributed by atoms with Crippen molar-refractivity contribution >= 4 is 22.9 Å². The third-order valence-electron chi connectivity index (χ3n) is 4.27. The SMILES string of the molecule is CCOc1ccc(C(=O)Nc2ccsc2-c2nc(-c3ccc(C)cc3)no2)cc1. The average molecular weight is 405 g/mol. The molecule has 0 atom stereocenters. The van der Waals surface area contributed by atoms with E-state index in [9.17, 15) is 4.79 Å². The minimum atomic E-state index is -0.217. The molecule has 0 saturated carbocycles. The Balaban J connectivity index is 1.53. The van der Waals surface area contributed by atoms with Gasteiger partial charge in [0.25, 0.3) is 11.8 Å². The highest BCUT2D eigenvalue weighted by atomic mass is 32.1. The molecule has 0 unspecified atom stereocenters. The molecule has 2 aromatic heterocycles. The summed E-state index contributed by atoms with van der Waals surface area (Å²) in [4.78, 5) is 17.8. The summed E-state index contributed by atoms with van der Waals surface area (Å²) in [6.07, 6.45) is 0.